The van der Waals surface area contributed by atoms with Crippen LogP contribution in [0, 0.1) is 0 Å². The molecular formula is C11H11F5N2O2. The van der Waals surface area contributed by atoms with E-state index in [9.17, 15) is 26.7 Å². The number of hydrogen-bond acceptors (Lipinski definition) is 4. The maximum atomic E-state index is 12.8. The first-order valence-corrected chi connectivity index (χ1v) is 5.46. The molecular weight excluding hydrogens is 287 g/mol. The van der Waals surface area contributed by atoms with Gasteiger partial charge in [0.15, 0.2) is 0 Å². The van der Waals surface area contributed by atoms with E-state index in [1.54, 1.807) is 0 Å². The molecule has 0 saturated carbocycles. The number of rotatable bonds is 4. The van der Waals surface area contributed by atoms with Gasteiger partial charge in [-0.25, -0.2) is 8.78 Å². The van der Waals surface area contributed by atoms with Crippen LogP contribution >= 0.6 is 0 Å². The number of anilines is 1. The second-order valence-electron chi connectivity index (χ2n) is 3.73. The summed E-state index contributed by atoms with van der Waals surface area (Å²) in [5.74, 6) is -0.813. The Balaban J connectivity index is 3.26. The number of carbonyl (C=O) groups is 1. The summed E-state index contributed by atoms with van der Waals surface area (Å²) in [5, 5.41) is 0. The lowest BCUT2D eigenvalue weighted by Crippen LogP contribution is -2.17. The van der Waals surface area contributed by atoms with Crippen LogP contribution in [0.3, 0.4) is 0 Å². The van der Waals surface area contributed by atoms with E-state index >= 15 is 0 Å². The van der Waals surface area contributed by atoms with Gasteiger partial charge in [-0.2, -0.15) is 13.2 Å². The third kappa shape index (κ3) is 3.55. The first-order valence-electron chi connectivity index (χ1n) is 5.46. The smallest absolute Gasteiger partial charge is 0.418 e. The van der Waals surface area contributed by atoms with E-state index in [4.69, 9.17) is 5.73 Å². The molecule has 0 radical (unpaired) electrons. The van der Waals surface area contributed by atoms with Gasteiger partial charge < -0.3 is 10.5 Å². The summed E-state index contributed by atoms with van der Waals surface area (Å²) in [7, 11) is 0. The number of nitrogen functional groups attached to an aromatic ring is 1. The number of ether oxygens (including phenoxy) is 1. The van der Waals surface area contributed by atoms with Gasteiger partial charge in [-0.05, 0) is 6.92 Å². The van der Waals surface area contributed by atoms with E-state index in [0.29, 0.717) is 0 Å². The molecule has 0 aliphatic heterocycles. The van der Waals surface area contributed by atoms with Gasteiger partial charge in [-0.1, -0.05) is 0 Å². The van der Waals surface area contributed by atoms with E-state index in [1.165, 1.54) is 6.92 Å². The molecule has 2 N–H and O–H groups in total. The van der Waals surface area contributed by atoms with Gasteiger partial charge in [0, 0.05) is 6.20 Å². The van der Waals surface area contributed by atoms with Crippen molar-refractivity contribution in [2.45, 2.75) is 25.9 Å². The van der Waals surface area contributed by atoms with Crippen molar-refractivity contribution in [1.82, 2.24) is 4.98 Å². The lowest BCUT2D eigenvalue weighted by Gasteiger charge is -2.16. The van der Waals surface area contributed by atoms with Crippen LogP contribution in [0.15, 0.2) is 6.20 Å². The Labute approximate surface area is 110 Å². The molecule has 0 atom stereocenters. The Bertz CT molecular complexity index is 502. The van der Waals surface area contributed by atoms with Crippen LogP contribution in [0.5, 0.6) is 0 Å². The fourth-order valence-corrected chi connectivity index (χ4v) is 1.53. The van der Waals surface area contributed by atoms with Gasteiger partial charge in [0.25, 0.3) is 6.43 Å². The summed E-state index contributed by atoms with van der Waals surface area (Å²) in [6.07, 6.45) is -8.77. The predicted molar refractivity (Wildman–Crippen MR) is 58.9 cm³/mol. The Kier molecular flexibility index (Phi) is 4.85. The maximum absolute atomic E-state index is 12.8. The molecule has 0 amide bonds. The third-order valence-corrected chi connectivity index (χ3v) is 2.38. The number of alkyl halides is 5. The van der Waals surface area contributed by atoms with Crippen LogP contribution < -0.4 is 5.73 Å². The van der Waals surface area contributed by atoms with Crippen LogP contribution in [0.25, 0.3) is 0 Å². The SMILES string of the molecule is CCOC(=O)Cc1ncc(C(F)(F)F)c(C(F)F)c1N. The fraction of sp³-hybridized carbons (Fsp3) is 0.455. The molecule has 0 aromatic carbocycles. The first kappa shape index (κ1) is 16.1. The topological polar surface area (TPSA) is 65.2 Å². The van der Waals surface area contributed by atoms with Gasteiger partial charge in [-0.15, -0.1) is 0 Å². The van der Waals surface area contributed by atoms with Crippen molar-refractivity contribution in [3.8, 4) is 0 Å². The molecule has 1 rings (SSSR count). The van der Waals surface area contributed by atoms with Crippen LogP contribution in [0.1, 0.15) is 30.2 Å². The van der Waals surface area contributed by atoms with Gasteiger partial charge in [0.05, 0.1) is 35.5 Å². The highest BCUT2D eigenvalue weighted by Gasteiger charge is 2.38. The lowest BCUT2D eigenvalue weighted by molar-refractivity contribution is -0.142. The highest BCUT2D eigenvalue weighted by atomic mass is 19.4. The molecule has 112 valence electrons. The molecule has 1 heterocycles. The molecule has 1 aromatic heterocycles. The number of nitrogens with zero attached hydrogens (tertiary/aromatic N) is 1. The highest BCUT2D eigenvalue weighted by molar-refractivity contribution is 5.74. The number of hydrogen-bond donors (Lipinski definition) is 1. The Morgan fingerprint density at radius 2 is 2.05 bits per heavy atom. The third-order valence-electron chi connectivity index (χ3n) is 2.38. The molecule has 0 spiro atoms. The first-order chi connectivity index (χ1) is 9.18. The molecule has 0 fully saturated rings. The minimum Gasteiger partial charge on any atom is -0.466 e. The monoisotopic (exact) mass is 298 g/mol. The zero-order valence-corrected chi connectivity index (χ0v) is 10.3. The van der Waals surface area contributed by atoms with Gasteiger partial charge in [-0.3, -0.25) is 9.78 Å². The van der Waals surface area contributed by atoms with Crippen molar-refractivity contribution in [3.05, 3.63) is 23.0 Å². The Morgan fingerprint density at radius 1 is 1.45 bits per heavy atom. The number of halogens is 5. The van der Waals surface area contributed by atoms with Crippen LogP contribution in [-0.2, 0) is 22.1 Å². The molecule has 4 nitrogen and oxygen atoms in total. The van der Waals surface area contributed by atoms with Gasteiger partial charge in [0.1, 0.15) is 0 Å². The van der Waals surface area contributed by atoms with Gasteiger partial charge >= 0.3 is 12.1 Å². The highest BCUT2D eigenvalue weighted by Crippen LogP contribution is 2.39. The van der Waals surface area contributed by atoms with Crippen molar-refractivity contribution in [2.75, 3.05) is 12.3 Å². The summed E-state index contributed by atoms with van der Waals surface area (Å²) in [4.78, 5) is 14.5. The molecule has 9 heteroatoms. The summed E-state index contributed by atoms with van der Waals surface area (Å²) >= 11 is 0. The standard InChI is InChI=1S/C11H11F5N2O2/c1-2-20-7(19)3-6-9(17)8(10(12)13)5(4-18-6)11(14,15)16/h4,10H,2-3,17H2,1H3. The predicted octanol–water partition coefficient (Wildman–Crippen LogP) is 2.73. The molecule has 0 unspecified atom stereocenters. The number of nitrogens with two attached hydrogens (primary N) is 1. The molecule has 0 bridgehead atoms. The minimum atomic E-state index is -5.00. The molecule has 20 heavy (non-hydrogen) atoms. The van der Waals surface area contributed by atoms with E-state index in [0.717, 1.165) is 0 Å². The quantitative estimate of drug-likeness (QED) is 0.685. The summed E-state index contributed by atoms with van der Waals surface area (Å²) in [6, 6.07) is 0. The minimum absolute atomic E-state index is 0.0427. The maximum Gasteiger partial charge on any atom is 0.418 e. The number of esters is 1. The molecule has 1 aromatic rings. The van der Waals surface area contributed by atoms with E-state index in [-0.39, 0.29) is 18.5 Å². The normalized spacial score (nSPS) is 11.8. The number of carbonyl (C=O) groups excluding carboxylic acids is 1. The second-order valence-corrected chi connectivity index (χ2v) is 3.73. The van der Waals surface area contributed by atoms with Crippen molar-refractivity contribution < 1.29 is 31.5 Å². The average Bonchev–Trinajstić information content (AvgIpc) is 2.29. The number of aromatic nitrogens is 1. The second kappa shape index (κ2) is 6.02. The van der Waals surface area contributed by atoms with Crippen LogP contribution in [0.2, 0.25) is 0 Å². The largest absolute Gasteiger partial charge is 0.466 e. The molecule has 0 aliphatic rings. The van der Waals surface area contributed by atoms with Crippen LogP contribution in [-0.4, -0.2) is 17.6 Å². The zero-order valence-electron chi connectivity index (χ0n) is 10.3. The van der Waals surface area contributed by atoms with Crippen molar-refractivity contribution >= 4 is 11.7 Å². The van der Waals surface area contributed by atoms with Gasteiger partial charge in [0.2, 0.25) is 0 Å². The van der Waals surface area contributed by atoms with Crippen molar-refractivity contribution in [2.24, 2.45) is 0 Å². The van der Waals surface area contributed by atoms with Crippen molar-refractivity contribution in [3.63, 3.8) is 0 Å². The summed E-state index contributed by atoms with van der Waals surface area (Å²) in [6.45, 7) is 1.56. The number of pyridine rings is 1. The lowest BCUT2D eigenvalue weighted by atomic mass is 10.0. The molecule has 0 saturated heterocycles. The van der Waals surface area contributed by atoms with E-state index in [2.05, 4.69) is 9.72 Å². The summed E-state index contributed by atoms with van der Waals surface area (Å²) < 4.78 is 67.8. The average molecular weight is 298 g/mol. The fourth-order valence-electron chi connectivity index (χ4n) is 1.53. The molecule has 0 aliphatic carbocycles. The van der Waals surface area contributed by atoms with E-state index in [1.807, 2.05) is 0 Å². The summed E-state index contributed by atoms with van der Waals surface area (Å²) in [5.41, 5.74) is 1.08. The van der Waals surface area contributed by atoms with E-state index < -0.39 is 41.8 Å². The van der Waals surface area contributed by atoms with Crippen LogP contribution in [0.4, 0.5) is 27.6 Å². The Morgan fingerprint density at radius 3 is 2.50 bits per heavy atom. The zero-order chi connectivity index (χ0) is 15.5. The Hall–Kier alpha value is -1.93. The van der Waals surface area contributed by atoms with Crippen molar-refractivity contribution in [1.29, 1.82) is 0 Å².